The predicted molar refractivity (Wildman–Crippen MR) is 374 cm³/mol. The van der Waals surface area contributed by atoms with E-state index in [2.05, 4.69) is 82.8 Å². The van der Waals surface area contributed by atoms with E-state index in [0.717, 1.165) is 66.6 Å². The molecule has 0 fully saturated rings. The highest BCUT2D eigenvalue weighted by atomic mass is 35.5. The number of aryl methyl sites for hydroxylation is 2. The normalized spacial score (nSPS) is 11.2. The van der Waals surface area contributed by atoms with Crippen LogP contribution in [0.2, 0.25) is 0 Å². The number of hydrogen-bond acceptors (Lipinski definition) is 15. The molecule has 10 aromatic rings. The summed E-state index contributed by atoms with van der Waals surface area (Å²) in [5.74, 6) is 2.16. The van der Waals surface area contributed by atoms with E-state index in [9.17, 15) is 19.2 Å². The molecule has 4 heterocycles. The molecular formula is C72H81ClN12O10. The molecule has 0 aliphatic heterocycles. The van der Waals surface area contributed by atoms with E-state index in [4.69, 9.17) is 51.2 Å². The molecule has 0 radical (unpaired) electrons. The lowest BCUT2D eigenvalue weighted by molar-refractivity contribution is -0.121. The molecule has 95 heavy (non-hydrogen) atoms. The second kappa shape index (κ2) is 33.6. The maximum atomic E-state index is 13.4. The minimum Gasteiger partial charge on any atom is -0.488 e. The first-order valence-corrected chi connectivity index (χ1v) is 31.0. The average Bonchev–Trinajstić information content (AvgIpc) is 1.73. The number of halogens is 1. The Morgan fingerprint density at radius 2 is 0.926 bits per heavy atom. The molecule has 0 saturated heterocycles. The van der Waals surface area contributed by atoms with E-state index in [1.807, 2.05) is 153 Å². The lowest BCUT2D eigenvalue weighted by Crippen LogP contribution is -2.21. The summed E-state index contributed by atoms with van der Waals surface area (Å²) in [6, 6.07) is 45.5. The Kier molecular flexibility index (Phi) is 25.0. The molecule has 0 aliphatic rings. The first kappa shape index (κ1) is 70.6. The quantitative estimate of drug-likeness (QED) is 0.0257. The van der Waals surface area contributed by atoms with E-state index in [0.29, 0.717) is 78.9 Å². The highest BCUT2D eigenvalue weighted by Gasteiger charge is 2.24. The second-order valence-corrected chi connectivity index (χ2v) is 24.4. The molecule has 7 N–H and O–H groups in total. The SMILES string of the molecule is COCCOCC(=O)Cl.COCCOCC(=O)Nc1cnccc1COc1ccc(NC(=O)Nc2cc(C(C)(C)C)nn2-c2ccc(C)cc2)c2ccccc12.Cc1ccc(-n2nc(C(C)(C)C)cc2NC(=O)Nc2ccc(OCc3ccncc3N)c3ccccc23)cc1. The van der Waals surface area contributed by atoms with Gasteiger partial charge in [-0.3, -0.25) is 30.2 Å². The molecule has 0 spiro atoms. The zero-order chi connectivity index (χ0) is 68.1. The molecule has 0 aliphatic carbocycles. The summed E-state index contributed by atoms with van der Waals surface area (Å²) < 4.78 is 35.5. The van der Waals surface area contributed by atoms with Gasteiger partial charge in [0.1, 0.15) is 49.6 Å². The van der Waals surface area contributed by atoms with Crippen LogP contribution in [0.5, 0.6) is 11.5 Å². The molecule has 0 atom stereocenters. The number of benzene rings is 6. The topological polar surface area (TPSA) is 271 Å². The standard InChI is InChI=1S/C36H40N6O5.C31H32N6O2.C5H9ClO3/c1-24-10-12-26(13-11-24)42-33(20-32(41-42)36(2,3)4)40-35(44)39-29-14-15-31(28-9-7-6-8-27(28)29)47-22-25-16-17-37-21-30(25)38-34(43)23-46-19-18-45-5;1-20-9-11-22(12-10-20)37-29(17-28(36-37)31(2,3)4)35-30(38)34-26-13-14-27(24-8-6-5-7-23(24)26)39-19-21-15-16-33-18-25(21)32;1-8-2-3-9-4-5(6)7/h6-17,20-21H,18-19,22-23H2,1-5H3,(H,38,43)(H2,39,40,44);5-18H,19,32H2,1-4H3,(H2,34,35,38);2-4H2,1H3. The molecule has 0 unspecified atom stereocenters. The molecule has 6 aromatic carbocycles. The molecule has 23 heteroatoms. The van der Waals surface area contributed by atoms with Crippen molar-refractivity contribution < 1.29 is 47.6 Å². The minimum absolute atomic E-state index is 0.0368. The summed E-state index contributed by atoms with van der Waals surface area (Å²) in [6.45, 7) is 18.6. The Hall–Kier alpha value is -10.2. The van der Waals surface area contributed by atoms with Gasteiger partial charge in [-0.2, -0.15) is 10.2 Å². The van der Waals surface area contributed by atoms with Crippen molar-refractivity contribution in [2.24, 2.45) is 0 Å². The van der Waals surface area contributed by atoms with Gasteiger partial charge >= 0.3 is 12.1 Å². The number of hydrogen-bond donors (Lipinski definition) is 6. The van der Waals surface area contributed by atoms with Gasteiger partial charge in [-0.25, -0.2) is 19.0 Å². The van der Waals surface area contributed by atoms with Gasteiger partial charge in [-0.1, -0.05) is 125 Å². The average molecular weight is 1310 g/mol. The fourth-order valence-electron chi connectivity index (χ4n) is 9.32. The van der Waals surface area contributed by atoms with Crippen molar-refractivity contribution in [1.82, 2.24) is 29.5 Å². The number of nitrogens with one attached hydrogen (secondary N) is 5. The number of nitrogen functional groups attached to an aromatic ring is 1. The molecule has 4 aromatic heterocycles. The zero-order valence-corrected chi connectivity index (χ0v) is 55.8. The van der Waals surface area contributed by atoms with Crippen LogP contribution < -0.4 is 41.8 Å². The number of nitrogens with zero attached hydrogens (tertiary/aromatic N) is 6. The van der Waals surface area contributed by atoms with Crippen LogP contribution in [0, 0.1) is 13.8 Å². The summed E-state index contributed by atoms with van der Waals surface area (Å²) in [5.41, 5.74) is 15.3. The van der Waals surface area contributed by atoms with Crippen molar-refractivity contribution in [3.8, 4) is 22.9 Å². The van der Waals surface area contributed by atoms with Gasteiger partial charge in [0.05, 0.1) is 84.3 Å². The fourth-order valence-corrected chi connectivity index (χ4v) is 9.40. The van der Waals surface area contributed by atoms with E-state index in [1.54, 1.807) is 54.4 Å². The van der Waals surface area contributed by atoms with Crippen molar-refractivity contribution >= 4 is 90.7 Å². The lowest BCUT2D eigenvalue weighted by Gasteiger charge is -2.15. The summed E-state index contributed by atoms with van der Waals surface area (Å²) in [5, 5.41) is 27.3. The Morgan fingerprint density at radius 3 is 1.37 bits per heavy atom. The van der Waals surface area contributed by atoms with Crippen LogP contribution in [0.3, 0.4) is 0 Å². The number of anilines is 6. The molecule has 0 saturated carbocycles. The van der Waals surface area contributed by atoms with Crippen LogP contribution in [0.1, 0.15) is 75.2 Å². The number of fused-ring (bicyclic) bond motifs is 2. The van der Waals surface area contributed by atoms with Crippen molar-refractivity contribution in [3.05, 3.63) is 204 Å². The molecule has 10 rings (SSSR count). The Labute approximate surface area is 557 Å². The monoisotopic (exact) mass is 1310 g/mol. The first-order chi connectivity index (χ1) is 45.6. The molecule has 22 nitrogen and oxygen atoms in total. The van der Waals surface area contributed by atoms with Crippen molar-refractivity contribution in [1.29, 1.82) is 0 Å². The van der Waals surface area contributed by atoms with Gasteiger partial charge in [0.15, 0.2) is 0 Å². The number of rotatable bonds is 23. The number of aromatic nitrogens is 6. The number of carbonyl (C=O) groups excluding carboxylic acids is 4. The van der Waals surface area contributed by atoms with Crippen molar-refractivity contribution in [2.75, 3.05) is 86.2 Å². The predicted octanol–water partition coefficient (Wildman–Crippen LogP) is 14.1. The van der Waals surface area contributed by atoms with Gasteiger partial charge in [0, 0.05) is 82.2 Å². The van der Waals surface area contributed by atoms with Crippen LogP contribution in [-0.4, -0.2) is 107 Å². The summed E-state index contributed by atoms with van der Waals surface area (Å²) >= 11 is 4.95. The van der Waals surface area contributed by atoms with Gasteiger partial charge in [-0.05, 0) is 86.1 Å². The van der Waals surface area contributed by atoms with Crippen LogP contribution in [0.15, 0.2) is 170 Å². The van der Waals surface area contributed by atoms with Crippen LogP contribution in [0.25, 0.3) is 32.9 Å². The minimum atomic E-state index is -0.480. The summed E-state index contributed by atoms with van der Waals surface area (Å²) in [6.07, 6.45) is 6.51. The fraction of sp³-hybridized carbons (Fsp3) is 0.278. The number of amides is 5. The molecule has 5 amide bonds. The van der Waals surface area contributed by atoms with Crippen LogP contribution in [-0.2, 0) is 52.6 Å². The first-order valence-electron chi connectivity index (χ1n) is 30.6. The molecule has 496 valence electrons. The number of carbonyl (C=O) groups is 4. The third-order valence-electron chi connectivity index (χ3n) is 14.5. The highest BCUT2D eigenvalue weighted by Crippen LogP contribution is 2.36. The van der Waals surface area contributed by atoms with Crippen molar-refractivity contribution in [2.45, 2.75) is 79.4 Å². The number of urea groups is 2. The van der Waals surface area contributed by atoms with E-state index >= 15 is 0 Å². The highest BCUT2D eigenvalue weighted by molar-refractivity contribution is 6.63. The van der Waals surface area contributed by atoms with Crippen LogP contribution in [0.4, 0.5) is 44.0 Å². The number of methoxy groups -OCH3 is 2. The summed E-state index contributed by atoms with van der Waals surface area (Å²) in [7, 11) is 3.13. The Balaban J connectivity index is 0.000000218. The summed E-state index contributed by atoms with van der Waals surface area (Å²) in [4.78, 5) is 57.2. The van der Waals surface area contributed by atoms with E-state index in [1.165, 1.54) is 0 Å². The van der Waals surface area contributed by atoms with Gasteiger partial charge in [-0.15, -0.1) is 0 Å². The Morgan fingerprint density at radius 1 is 0.495 bits per heavy atom. The third kappa shape index (κ3) is 20.4. The smallest absolute Gasteiger partial charge is 0.324 e. The van der Waals surface area contributed by atoms with Gasteiger partial charge in [0.2, 0.25) is 11.1 Å². The lowest BCUT2D eigenvalue weighted by atomic mass is 9.92. The largest absolute Gasteiger partial charge is 0.488 e. The Bertz CT molecular complexity index is 4220. The number of nitrogens with two attached hydrogens (primary N) is 1. The van der Waals surface area contributed by atoms with Gasteiger partial charge in [0.25, 0.3) is 0 Å². The zero-order valence-electron chi connectivity index (χ0n) is 55.0. The van der Waals surface area contributed by atoms with Crippen LogP contribution >= 0.6 is 11.6 Å². The molecule has 0 bridgehead atoms. The van der Waals surface area contributed by atoms with E-state index in [-0.39, 0.29) is 42.6 Å². The second-order valence-electron chi connectivity index (χ2n) is 24.0. The number of pyridine rings is 2. The molecular weight excluding hydrogens is 1230 g/mol. The third-order valence-corrected chi connectivity index (χ3v) is 14.6. The number of ether oxygens (including phenoxy) is 6. The van der Waals surface area contributed by atoms with E-state index < -0.39 is 11.3 Å². The maximum Gasteiger partial charge on any atom is 0.324 e. The van der Waals surface area contributed by atoms with Gasteiger partial charge < -0.3 is 50.1 Å². The van der Waals surface area contributed by atoms with Crippen molar-refractivity contribution in [3.63, 3.8) is 0 Å². The maximum absolute atomic E-state index is 13.4.